The number of benzene rings is 1. The third kappa shape index (κ3) is 3.26. The van der Waals surface area contributed by atoms with Crippen molar-refractivity contribution in [2.24, 2.45) is 0 Å². The molecule has 0 amide bonds. The molecule has 1 aliphatic heterocycles. The fraction of sp³-hybridized carbons (Fsp3) is 0.500. The van der Waals surface area contributed by atoms with E-state index in [4.69, 9.17) is 4.74 Å². The molecule has 1 fully saturated rings. The molecule has 1 heterocycles. The minimum Gasteiger partial charge on any atom is -0.487 e. The first-order valence-electron chi connectivity index (χ1n) is 6.79. The number of nitro benzene ring substituents is 1. The number of ether oxygens (including phenoxy) is 1. The predicted octanol–water partition coefficient (Wildman–Crippen LogP) is 2.55. The van der Waals surface area contributed by atoms with E-state index < -0.39 is 4.92 Å². The van der Waals surface area contributed by atoms with Gasteiger partial charge in [-0.3, -0.25) is 14.9 Å². The van der Waals surface area contributed by atoms with Crippen molar-refractivity contribution in [1.82, 2.24) is 0 Å². The van der Waals surface area contributed by atoms with Gasteiger partial charge in [-0.05, 0) is 12.5 Å². The Labute approximate surface area is 117 Å². The molecule has 20 heavy (non-hydrogen) atoms. The summed E-state index contributed by atoms with van der Waals surface area (Å²) in [5.41, 5.74) is 0.851. The summed E-state index contributed by atoms with van der Waals surface area (Å²) < 4.78 is 5.46. The predicted molar refractivity (Wildman–Crippen MR) is 75.3 cm³/mol. The molecule has 0 spiro atoms. The molecule has 0 atom stereocenters. The molecule has 0 aromatic heterocycles. The molecule has 1 aromatic rings. The standard InChI is InChI=1S/C14H18N2O4/c1-2-9-20-14-10-11(3-4-13(14)16(18)19)15-7-5-12(17)6-8-15/h3-4,10H,2,5-9H2,1H3. The third-order valence-corrected chi connectivity index (χ3v) is 3.29. The van der Waals surface area contributed by atoms with Gasteiger partial charge < -0.3 is 9.64 Å². The number of carbonyl (C=O) groups is 1. The number of rotatable bonds is 5. The van der Waals surface area contributed by atoms with Gasteiger partial charge in [-0.15, -0.1) is 0 Å². The highest BCUT2D eigenvalue weighted by atomic mass is 16.6. The summed E-state index contributed by atoms with van der Waals surface area (Å²) >= 11 is 0. The normalized spacial score (nSPS) is 15.2. The second kappa shape index (κ2) is 6.36. The fourth-order valence-corrected chi connectivity index (χ4v) is 2.19. The average molecular weight is 278 g/mol. The first-order chi connectivity index (χ1) is 9.61. The first-order valence-corrected chi connectivity index (χ1v) is 6.79. The van der Waals surface area contributed by atoms with Gasteiger partial charge in [0.05, 0.1) is 11.5 Å². The Morgan fingerprint density at radius 1 is 1.35 bits per heavy atom. The van der Waals surface area contributed by atoms with Crippen LogP contribution in [0.3, 0.4) is 0 Å². The molecule has 2 rings (SSSR count). The Bertz CT molecular complexity index is 506. The lowest BCUT2D eigenvalue weighted by Gasteiger charge is -2.28. The second-order valence-electron chi connectivity index (χ2n) is 4.78. The second-order valence-corrected chi connectivity index (χ2v) is 4.78. The average Bonchev–Trinajstić information content (AvgIpc) is 2.45. The Balaban J connectivity index is 2.22. The van der Waals surface area contributed by atoms with Crippen LogP contribution in [0.4, 0.5) is 11.4 Å². The molecular weight excluding hydrogens is 260 g/mol. The van der Waals surface area contributed by atoms with E-state index in [0.29, 0.717) is 38.3 Å². The molecular formula is C14H18N2O4. The summed E-state index contributed by atoms with van der Waals surface area (Å²) in [6.45, 7) is 3.71. The maximum Gasteiger partial charge on any atom is 0.311 e. The number of Topliss-reactive ketones (excluding diaryl/α,β-unsaturated/α-hetero) is 1. The lowest BCUT2D eigenvalue weighted by Crippen LogP contribution is -2.33. The maximum atomic E-state index is 11.3. The highest BCUT2D eigenvalue weighted by molar-refractivity contribution is 5.81. The van der Waals surface area contributed by atoms with E-state index in [1.807, 2.05) is 6.92 Å². The van der Waals surface area contributed by atoms with Crippen LogP contribution in [0, 0.1) is 10.1 Å². The van der Waals surface area contributed by atoms with Gasteiger partial charge in [-0.1, -0.05) is 6.92 Å². The molecule has 0 saturated carbocycles. The van der Waals surface area contributed by atoms with Gasteiger partial charge in [0.2, 0.25) is 0 Å². The summed E-state index contributed by atoms with van der Waals surface area (Å²) in [4.78, 5) is 23.9. The van der Waals surface area contributed by atoms with Gasteiger partial charge >= 0.3 is 5.69 Å². The smallest absolute Gasteiger partial charge is 0.311 e. The van der Waals surface area contributed by atoms with Gasteiger partial charge in [-0.2, -0.15) is 0 Å². The molecule has 1 aromatic carbocycles. The number of anilines is 1. The molecule has 0 radical (unpaired) electrons. The molecule has 0 N–H and O–H groups in total. The lowest BCUT2D eigenvalue weighted by atomic mass is 10.1. The molecule has 1 aliphatic rings. The summed E-state index contributed by atoms with van der Waals surface area (Å²) in [5, 5.41) is 11.0. The molecule has 6 nitrogen and oxygen atoms in total. The Morgan fingerprint density at radius 2 is 2.05 bits per heavy atom. The van der Waals surface area contributed by atoms with E-state index in [1.165, 1.54) is 6.07 Å². The zero-order chi connectivity index (χ0) is 14.5. The number of ketones is 1. The number of piperidine rings is 1. The minimum atomic E-state index is -0.436. The zero-order valence-corrected chi connectivity index (χ0v) is 11.5. The van der Waals surface area contributed by atoms with Crippen molar-refractivity contribution in [3.63, 3.8) is 0 Å². The van der Waals surface area contributed by atoms with Crippen LogP contribution in [0.1, 0.15) is 26.2 Å². The van der Waals surface area contributed by atoms with E-state index in [9.17, 15) is 14.9 Å². The van der Waals surface area contributed by atoms with Gasteiger partial charge in [0.25, 0.3) is 0 Å². The zero-order valence-electron chi connectivity index (χ0n) is 11.5. The summed E-state index contributed by atoms with van der Waals surface area (Å²) in [6.07, 6.45) is 1.85. The van der Waals surface area contributed by atoms with Crippen molar-refractivity contribution in [1.29, 1.82) is 0 Å². The number of nitrogens with zero attached hydrogens (tertiary/aromatic N) is 2. The number of hydrogen-bond acceptors (Lipinski definition) is 5. The molecule has 0 bridgehead atoms. The minimum absolute atomic E-state index is 0.0183. The maximum absolute atomic E-state index is 11.3. The van der Waals surface area contributed by atoms with E-state index >= 15 is 0 Å². The van der Waals surface area contributed by atoms with Crippen molar-refractivity contribution < 1.29 is 14.5 Å². The van der Waals surface area contributed by atoms with E-state index in [-0.39, 0.29) is 11.5 Å². The van der Waals surface area contributed by atoms with Crippen LogP contribution in [0.15, 0.2) is 18.2 Å². The molecule has 6 heteroatoms. The van der Waals surface area contributed by atoms with Crippen LogP contribution in [0.5, 0.6) is 5.75 Å². The monoisotopic (exact) mass is 278 g/mol. The van der Waals surface area contributed by atoms with Crippen molar-refractivity contribution in [2.45, 2.75) is 26.2 Å². The number of nitro groups is 1. The third-order valence-electron chi connectivity index (χ3n) is 3.29. The van der Waals surface area contributed by atoms with Gasteiger partial charge in [0.1, 0.15) is 5.78 Å². The van der Waals surface area contributed by atoms with Crippen molar-refractivity contribution >= 4 is 17.2 Å². The van der Waals surface area contributed by atoms with E-state index in [1.54, 1.807) is 12.1 Å². The van der Waals surface area contributed by atoms with E-state index in [2.05, 4.69) is 4.90 Å². The highest BCUT2D eigenvalue weighted by Crippen LogP contribution is 2.32. The number of carbonyl (C=O) groups excluding carboxylic acids is 1. The van der Waals surface area contributed by atoms with Crippen molar-refractivity contribution in [3.05, 3.63) is 28.3 Å². The molecule has 0 aliphatic carbocycles. The summed E-state index contributed by atoms with van der Waals surface area (Å²) in [5.74, 6) is 0.567. The molecule has 0 unspecified atom stereocenters. The largest absolute Gasteiger partial charge is 0.487 e. The van der Waals surface area contributed by atoms with Gasteiger partial charge in [0.15, 0.2) is 5.75 Å². The van der Waals surface area contributed by atoms with Crippen LogP contribution in [0.25, 0.3) is 0 Å². The Kier molecular flexibility index (Phi) is 4.55. The van der Waals surface area contributed by atoms with Crippen LogP contribution in [-0.4, -0.2) is 30.4 Å². The van der Waals surface area contributed by atoms with Crippen molar-refractivity contribution in [2.75, 3.05) is 24.6 Å². The summed E-state index contributed by atoms with van der Waals surface area (Å²) in [6, 6.07) is 4.88. The molecule has 108 valence electrons. The Morgan fingerprint density at radius 3 is 2.65 bits per heavy atom. The van der Waals surface area contributed by atoms with Gasteiger partial charge in [0, 0.05) is 43.8 Å². The number of hydrogen-bond donors (Lipinski definition) is 0. The topological polar surface area (TPSA) is 72.7 Å². The van der Waals surface area contributed by atoms with Crippen LogP contribution in [0.2, 0.25) is 0 Å². The SMILES string of the molecule is CCCOc1cc(N2CCC(=O)CC2)ccc1[N+](=O)[O-]. The fourth-order valence-electron chi connectivity index (χ4n) is 2.19. The Hall–Kier alpha value is -2.11. The van der Waals surface area contributed by atoms with Crippen LogP contribution < -0.4 is 9.64 Å². The highest BCUT2D eigenvalue weighted by Gasteiger charge is 2.20. The van der Waals surface area contributed by atoms with Crippen molar-refractivity contribution in [3.8, 4) is 5.75 Å². The van der Waals surface area contributed by atoms with Crippen LogP contribution >= 0.6 is 0 Å². The lowest BCUT2D eigenvalue weighted by molar-refractivity contribution is -0.385. The van der Waals surface area contributed by atoms with Gasteiger partial charge in [-0.25, -0.2) is 0 Å². The molecule has 1 saturated heterocycles. The summed E-state index contributed by atoms with van der Waals surface area (Å²) in [7, 11) is 0. The van der Waals surface area contributed by atoms with Crippen LogP contribution in [-0.2, 0) is 4.79 Å². The quantitative estimate of drug-likeness (QED) is 0.611. The van der Waals surface area contributed by atoms with E-state index in [0.717, 1.165) is 12.1 Å². The first kappa shape index (κ1) is 14.3.